The van der Waals surface area contributed by atoms with Gasteiger partial charge in [-0.3, -0.25) is 9.59 Å². The van der Waals surface area contributed by atoms with Gasteiger partial charge in [0, 0.05) is 12.8 Å². The van der Waals surface area contributed by atoms with E-state index in [0.717, 1.165) is 70.1 Å². The molecule has 54 heavy (non-hydrogen) atoms. The molecule has 0 amide bonds. The van der Waals surface area contributed by atoms with Crippen molar-refractivity contribution in [3.63, 3.8) is 0 Å². The molecule has 6 nitrogen and oxygen atoms in total. The summed E-state index contributed by atoms with van der Waals surface area (Å²) in [6, 6.07) is 0. The van der Waals surface area contributed by atoms with Gasteiger partial charge in [-0.2, -0.15) is 0 Å². The lowest BCUT2D eigenvalue weighted by atomic mass is 9.99. The monoisotopic (exact) mass is 759 g/mol. The summed E-state index contributed by atoms with van der Waals surface area (Å²) in [5.74, 6) is 0.239. The SMILES string of the molecule is CCCC(O)C/C=C\C/C=C\C/C=C\C/C=C\CCCC(=O)O[C@@H](CO)COC(=O)CCCCCCCCCCCCCCCCCCCCC(C)CC. The zero-order chi connectivity index (χ0) is 39.6. The van der Waals surface area contributed by atoms with Gasteiger partial charge in [-0.1, -0.05) is 198 Å². The van der Waals surface area contributed by atoms with Gasteiger partial charge in [-0.15, -0.1) is 0 Å². The van der Waals surface area contributed by atoms with E-state index in [1.807, 2.05) is 0 Å². The van der Waals surface area contributed by atoms with Crippen molar-refractivity contribution in [3.8, 4) is 0 Å². The number of carbonyl (C=O) groups excluding carboxylic acids is 2. The zero-order valence-electron chi connectivity index (χ0n) is 35.5. The normalized spacial score (nSPS) is 13.8. The van der Waals surface area contributed by atoms with Crippen LogP contribution < -0.4 is 0 Å². The number of esters is 2. The van der Waals surface area contributed by atoms with E-state index in [2.05, 4.69) is 69.4 Å². The maximum Gasteiger partial charge on any atom is 0.306 e. The number of hydrogen-bond donors (Lipinski definition) is 2. The number of allylic oxidation sites excluding steroid dienone is 7. The minimum Gasteiger partial charge on any atom is -0.462 e. The summed E-state index contributed by atoms with van der Waals surface area (Å²) in [5, 5.41) is 19.3. The van der Waals surface area contributed by atoms with E-state index in [1.54, 1.807) is 0 Å². The van der Waals surface area contributed by atoms with Crippen molar-refractivity contribution in [3.05, 3.63) is 48.6 Å². The smallest absolute Gasteiger partial charge is 0.306 e. The van der Waals surface area contributed by atoms with Crippen molar-refractivity contribution >= 4 is 11.9 Å². The summed E-state index contributed by atoms with van der Waals surface area (Å²) in [6.45, 7) is 6.31. The van der Waals surface area contributed by atoms with Crippen LogP contribution in [0, 0.1) is 5.92 Å². The first-order chi connectivity index (χ1) is 26.4. The van der Waals surface area contributed by atoms with Crippen LogP contribution in [0.3, 0.4) is 0 Å². The van der Waals surface area contributed by atoms with Gasteiger partial charge in [-0.05, 0) is 57.3 Å². The Balaban J connectivity index is 3.60. The van der Waals surface area contributed by atoms with Crippen LogP contribution in [0.25, 0.3) is 0 Å². The van der Waals surface area contributed by atoms with E-state index in [1.165, 1.54) is 109 Å². The number of aliphatic hydroxyl groups is 2. The molecule has 0 aromatic heterocycles. The Morgan fingerprint density at radius 3 is 1.48 bits per heavy atom. The molecular formula is C48H86O6. The summed E-state index contributed by atoms with van der Waals surface area (Å²) in [6.07, 6.45) is 49.6. The fourth-order valence-corrected chi connectivity index (χ4v) is 6.42. The second kappa shape index (κ2) is 42.0. The van der Waals surface area contributed by atoms with Crippen LogP contribution in [0.1, 0.15) is 213 Å². The highest BCUT2D eigenvalue weighted by Gasteiger charge is 2.16. The first-order valence-corrected chi connectivity index (χ1v) is 22.7. The first-order valence-electron chi connectivity index (χ1n) is 22.7. The number of ether oxygens (including phenoxy) is 2. The first kappa shape index (κ1) is 51.8. The third-order valence-corrected chi connectivity index (χ3v) is 10.2. The molecule has 0 aliphatic rings. The van der Waals surface area contributed by atoms with Gasteiger partial charge in [0.1, 0.15) is 6.61 Å². The topological polar surface area (TPSA) is 93.1 Å². The van der Waals surface area contributed by atoms with Gasteiger partial charge >= 0.3 is 11.9 Å². The van der Waals surface area contributed by atoms with Gasteiger partial charge < -0.3 is 19.7 Å². The van der Waals surface area contributed by atoms with Crippen LogP contribution >= 0.6 is 0 Å². The third kappa shape index (κ3) is 39.5. The van der Waals surface area contributed by atoms with Crippen LogP contribution in [0.4, 0.5) is 0 Å². The van der Waals surface area contributed by atoms with Crippen LogP contribution in [0.15, 0.2) is 48.6 Å². The van der Waals surface area contributed by atoms with Crippen LogP contribution in [-0.4, -0.2) is 47.6 Å². The Labute approximate surface area is 333 Å². The molecule has 0 bridgehead atoms. The van der Waals surface area contributed by atoms with E-state index < -0.39 is 6.10 Å². The number of aliphatic hydroxyl groups excluding tert-OH is 2. The summed E-state index contributed by atoms with van der Waals surface area (Å²) in [5.41, 5.74) is 0. The molecule has 3 atom stereocenters. The van der Waals surface area contributed by atoms with Crippen molar-refractivity contribution in [1.82, 2.24) is 0 Å². The summed E-state index contributed by atoms with van der Waals surface area (Å²) >= 11 is 0. The average molecular weight is 759 g/mol. The molecule has 0 radical (unpaired) electrons. The van der Waals surface area contributed by atoms with E-state index >= 15 is 0 Å². The van der Waals surface area contributed by atoms with Crippen LogP contribution in [-0.2, 0) is 19.1 Å². The minimum absolute atomic E-state index is 0.0961. The molecule has 0 saturated heterocycles. The molecule has 0 saturated carbocycles. The quantitative estimate of drug-likeness (QED) is 0.0367. The molecule has 0 fully saturated rings. The molecule has 0 rings (SSSR count). The Hall–Kier alpha value is -2.18. The molecule has 0 heterocycles. The van der Waals surface area contributed by atoms with Gasteiger partial charge in [0.25, 0.3) is 0 Å². The minimum atomic E-state index is -0.810. The maximum atomic E-state index is 12.2. The van der Waals surface area contributed by atoms with E-state index in [-0.39, 0.29) is 37.7 Å². The number of hydrogen-bond acceptors (Lipinski definition) is 6. The summed E-state index contributed by atoms with van der Waals surface area (Å²) in [4.78, 5) is 24.3. The molecule has 0 spiro atoms. The highest BCUT2D eigenvalue weighted by atomic mass is 16.6. The van der Waals surface area contributed by atoms with Crippen molar-refractivity contribution in [2.24, 2.45) is 5.92 Å². The lowest BCUT2D eigenvalue weighted by molar-refractivity contribution is -0.161. The second-order valence-electron chi connectivity index (χ2n) is 15.6. The van der Waals surface area contributed by atoms with Crippen molar-refractivity contribution in [1.29, 1.82) is 0 Å². The van der Waals surface area contributed by atoms with E-state index in [9.17, 15) is 19.8 Å². The molecule has 0 aromatic carbocycles. The lowest BCUT2D eigenvalue weighted by Gasteiger charge is -2.15. The third-order valence-electron chi connectivity index (χ3n) is 10.2. The van der Waals surface area contributed by atoms with Crippen LogP contribution in [0.2, 0.25) is 0 Å². The molecule has 2 N–H and O–H groups in total. The van der Waals surface area contributed by atoms with E-state index in [0.29, 0.717) is 12.8 Å². The van der Waals surface area contributed by atoms with Crippen molar-refractivity contribution < 1.29 is 29.3 Å². The Kier molecular flexibility index (Phi) is 40.3. The van der Waals surface area contributed by atoms with Crippen LogP contribution in [0.5, 0.6) is 0 Å². The highest BCUT2D eigenvalue weighted by Crippen LogP contribution is 2.17. The molecule has 0 aromatic rings. The van der Waals surface area contributed by atoms with Gasteiger partial charge in [0.05, 0.1) is 12.7 Å². The predicted molar refractivity (Wildman–Crippen MR) is 230 cm³/mol. The number of unbranched alkanes of at least 4 members (excludes halogenated alkanes) is 18. The van der Waals surface area contributed by atoms with Gasteiger partial charge in [0.15, 0.2) is 6.10 Å². The maximum absolute atomic E-state index is 12.2. The largest absolute Gasteiger partial charge is 0.462 e. The highest BCUT2D eigenvalue weighted by molar-refractivity contribution is 5.70. The lowest BCUT2D eigenvalue weighted by Crippen LogP contribution is -2.28. The fourth-order valence-electron chi connectivity index (χ4n) is 6.42. The Morgan fingerprint density at radius 2 is 1.00 bits per heavy atom. The summed E-state index contributed by atoms with van der Waals surface area (Å²) < 4.78 is 10.6. The van der Waals surface area contributed by atoms with Crippen molar-refractivity contribution in [2.75, 3.05) is 13.2 Å². The molecule has 314 valence electrons. The molecule has 6 heteroatoms. The molecular weight excluding hydrogens is 673 g/mol. The fraction of sp³-hybridized carbons (Fsp3) is 0.792. The molecule has 0 aliphatic heterocycles. The Bertz CT molecular complexity index is 937. The Morgan fingerprint density at radius 1 is 0.556 bits per heavy atom. The summed E-state index contributed by atoms with van der Waals surface area (Å²) in [7, 11) is 0. The number of carbonyl (C=O) groups is 2. The average Bonchev–Trinajstić information content (AvgIpc) is 3.17. The zero-order valence-corrected chi connectivity index (χ0v) is 35.5. The van der Waals surface area contributed by atoms with Crippen molar-refractivity contribution in [2.45, 2.75) is 226 Å². The number of rotatable bonds is 40. The molecule has 0 aliphatic carbocycles. The van der Waals surface area contributed by atoms with E-state index in [4.69, 9.17) is 9.47 Å². The second-order valence-corrected chi connectivity index (χ2v) is 15.6. The predicted octanol–water partition coefficient (Wildman–Crippen LogP) is 13.4. The van der Waals surface area contributed by atoms with Gasteiger partial charge in [-0.25, -0.2) is 0 Å². The molecule has 2 unspecified atom stereocenters. The standard InChI is InChI=1S/C48H86O6/c1-4-37-45(50)39-34-30-26-22-18-14-12-16-20-24-28-32-36-41-48(52)54-46(42-49)43-53-47(51)40-35-31-27-23-19-15-11-9-7-6-8-10-13-17-21-25-29-33-38-44(3)5-2/h12,16,18,22,24,28,30,34,44-46,49-50H,4-11,13-15,17,19-21,23,25-27,29,31-33,35-43H2,1-3H3/b16-12-,22-18-,28-24-,34-30-/t44?,45?,46-/m0/s1. The van der Waals surface area contributed by atoms with Gasteiger partial charge in [0.2, 0.25) is 0 Å².